The first kappa shape index (κ1) is 14.1. The molecule has 1 atom stereocenters. The van der Waals surface area contributed by atoms with Crippen molar-refractivity contribution in [3.63, 3.8) is 0 Å². The van der Waals surface area contributed by atoms with Crippen LogP contribution in [0.2, 0.25) is 0 Å². The van der Waals surface area contributed by atoms with E-state index in [9.17, 15) is 4.79 Å². The van der Waals surface area contributed by atoms with Crippen LogP contribution in [-0.4, -0.2) is 15.5 Å². The number of carbonyl (C=O) groups excluding carboxylic acids is 1. The third kappa shape index (κ3) is 2.65. The topological polar surface area (TPSA) is 60.1 Å². The van der Waals surface area contributed by atoms with Gasteiger partial charge < -0.3 is 14.3 Å². The quantitative estimate of drug-likeness (QED) is 0.805. The highest BCUT2D eigenvalue weighted by Crippen LogP contribution is 2.21. The number of nitrogens with zero attached hydrogens (tertiary/aromatic N) is 2. The molecule has 22 heavy (non-hydrogen) atoms. The largest absolute Gasteiger partial charge is 0.469 e. The number of aromatic nitrogens is 2. The molecule has 1 N–H and O–H groups in total. The summed E-state index contributed by atoms with van der Waals surface area (Å²) in [6.07, 6.45) is 5.10. The van der Waals surface area contributed by atoms with E-state index in [0.717, 1.165) is 11.4 Å². The Morgan fingerprint density at radius 3 is 2.64 bits per heavy atom. The minimum absolute atomic E-state index is 0.178. The first-order valence-electron chi connectivity index (χ1n) is 7.04. The molecule has 0 aliphatic heterocycles. The van der Waals surface area contributed by atoms with Gasteiger partial charge in [0.1, 0.15) is 17.6 Å². The number of rotatable bonds is 4. The monoisotopic (exact) mass is 295 g/mol. The first-order chi connectivity index (χ1) is 10.7. The van der Waals surface area contributed by atoms with E-state index >= 15 is 0 Å². The predicted molar refractivity (Wildman–Crippen MR) is 82.4 cm³/mol. The zero-order valence-electron chi connectivity index (χ0n) is 12.5. The molecule has 0 fully saturated rings. The maximum atomic E-state index is 12.5. The molecule has 3 aromatic rings. The van der Waals surface area contributed by atoms with Crippen LogP contribution in [0, 0.1) is 6.92 Å². The van der Waals surface area contributed by atoms with Crippen LogP contribution < -0.4 is 5.32 Å². The first-order valence-corrected chi connectivity index (χ1v) is 7.04. The SMILES string of the molecule is Cc1occc1C(=O)N[C@@H](c1ccccc1)c1nccn1C. The fourth-order valence-corrected chi connectivity index (χ4v) is 2.43. The van der Waals surface area contributed by atoms with Gasteiger partial charge in [0, 0.05) is 19.4 Å². The lowest BCUT2D eigenvalue weighted by atomic mass is 10.1. The summed E-state index contributed by atoms with van der Waals surface area (Å²) in [5.41, 5.74) is 1.52. The standard InChI is InChI=1S/C17H17N3O2/c1-12-14(8-11-22-12)17(21)19-15(13-6-4-3-5-7-13)16-18-9-10-20(16)2/h3-11,15H,1-2H3,(H,19,21)/t15-/m0/s1. The van der Waals surface area contributed by atoms with Gasteiger partial charge in [-0.2, -0.15) is 0 Å². The van der Waals surface area contributed by atoms with Crippen molar-refractivity contribution in [3.8, 4) is 0 Å². The fourth-order valence-electron chi connectivity index (χ4n) is 2.43. The van der Waals surface area contributed by atoms with Crippen LogP contribution in [0.15, 0.2) is 59.5 Å². The Kier molecular flexibility index (Phi) is 3.78. The van der Waals surface area contributed by atoms with E-state index < -0.39 is 0 Å². The average Bonchev–Trinajstić information content (AvgIpc) is 3.14. The minimum Gasteiger partial charge on any atom is -0.469 e. The van der Waals surface area contributed by atoms with Gasteiger partial charge in [0.25, 0.3) is 5.91 Å². The van der Waals surface area contributed by atoms with Crippen LogP contribution in [-0.2, 0) is 7.05 Å². The molecule has 0 saturated heterocycles. The highest BCUT2D eigenvalue weighted by molar-refractivity contribution is 5.95. The average molecular weight is 295 g/mol. The van der Waals surface area contributed by atoms with Gasteiger partial charge >= 0.3 is 0 Å². The van der Waals surface area contributed by atoms with Crippen molar-refractivity contribution in [1.29, 1.82) is 0 Å². The van der Waals surface area contributed by atoms with Gasteiger partial charge in [-0.3, -0.25) is 4.79 Å². The lowest BCUT2D eigenvalue weighted by Gasteiger charge is -2.19. The van der Waals surface area contributed by atoms with Gasteiger partial charge in [-0.25, -0.2) is 4.98 Å². The van der Waals surface area contributed by atoms with Gasteiger partial charge in [0.05, 0.1) is 11.8 Å². The molecule has 3 rings (SSSR count). The molecular weight excluding hydrogens is 278 g/mol. The smallest absolute Gasteiger partial charge is 0.255 e. The molecule has 0 radical (unpaired) electrons. The molecule has 112 valence electrons. The molecular formula is C17H17N3O2. The molecule has 0 saturated carbocycles. The number of hydrogen-bond acceptors (Lipinski definition) is 3. The van der Waals surface area contributed by atoms with Crippen LogP contribution in [0.4, 0.5) is 0 Å². The van der Waals surface area contributed by atoms with Crippen molar-refractivity contribution in [3.05, 3.63) is 77.8 Å². The van der Waals surface area contributed by atoms with Crippen molar-refractivity contribution in [1.82, 2.24) is 14.9 Å². The normalized spacial score (nSPS) is 12.1. The second kappa shape index (κ2) is 5.89. The Hall–Kier alpha value is -2.82. The van der Waals surface area contributed by atoms with Gasteiger partial charge in [0.2, 0.25) is 0 Å². The molecule has 1 amide bonds. The highest BCUT2D eigenvalue weighted by atomic mass is 16.3. The highest BCUT2D eigenvalue weighted by Gasteiger charge is 2.22. The molecule has 1 aromatic carbocycles. The van der Waals surface area contributed by atoms with Crippen LogP contribution in [0.3, 0.4) is 0 Å². The Balaban J connectivity index is 1.95. The summed E-state index contributed by atoms with van der Waals surface area (Å²) in [5.74, 6) is 1.20. The molecule has 0 aliphatic rings. The molecule has 2 aromatic heterocycles. The fraction of sp³-hybridized carbons (Fsp3) is 0.176. The van der Waals surface area contributed by atoms with Crippen molar-refractivity contribution in [2.45, 2.75) is 13.0 Å². The number of carbonyl (C=O) groups is 1. The predicted octanol–water partition coefficient (Wildman–Crippen LogP) is 2.84. The third-order valence-electron chi connectivity index (χ3n) is 3.63. The summed E-state index contributed by atoms with van der Waals surface area (Å²) in [6, 6.07) is 11.1. The summed E-state index contributed by atoms with van der Waals surface area (Å²) >= 11 is 0. The van der Waals surface area contributed by atoms with Gasteiger partial charge in [-0.05, 0) is 18.6 Å². The zero-order valence-corrected chi connectivity index (χ0v) is 12.5. The second-order valence-corrected chi connectivity index (χ2v) is 5.10. The summed E-state index contributed by atoms with van der Waals surface area (Å²) < 4.78 is 7.11. The van der Waals surface area contributed by atoms with Gasteiger partial charge in [-0.15, -0.1) is 0 Å². The molecule has 2 heterocycles. The van der Waals surface area contributed by atoms with E-state index in [1.807, 2.05) is 48.1 Å². The van der Waals surface area contributed by atoms with Crippen LogP contribution in [0.1, 0.15) is 33.5 Å². The van der Waals surface area contributed by atoms with Crippen molar-refractivity contribution >= 4 is 5.91 Å². The summed E-state index contributed by atoms with van der Waals surface area (Å²) in [7, 11) is 1.91. The molecule has 0 aliphatic carbocycles. The van der Waals surface area contributed by atoms with Crippen LogP contribution in [0.25, 0.3) is 0 Å². The Bertz CT molecular complexity index is 774. The maximum absolute atomic E-state index is 12.5. The number of aryl methyl sites for hydroxylation is 2. The minimum atomic E-state index is -0.317. The number of benzene rings is 1. The van der Waals surface area contributed by atoms with Crippen molar-refractivity contribution in [2.75, 3.05) is 0 Å². The number of imidazole rings is 1. The summed E-state index contributed by atoms with van der Waals surface area (Å²) in [4.78, 5) is 16.9. The molecule has 5 heteroatoms. The third-order valence-corrected chi connectivity index (χ3v) is 3.63. The van der Waals surface area contributed by atoms with Crippen molar-refractivity contribution < 1.29 is 9.21 Å². The van der Waals surface area contributed by atoms with E-state index in [2.05, 4.69) is 10.3 Å². The van der Waals surface area contributed by atoms with Crippen molar-refractivity contribution in [2.24, 2.45) is 7.05 Å². The second-order valence-electron chi connectivity index (χ2n) is 5.10. The molecule has 0 bridgehead atoms. The van der Waals surface area contributed by atoms with E-state index in [1.165, 1.54) is 6.26 Å². The van der Waals surface area contributed by atoms with Gasteiger partial charge in [-0.1, -0.05) is 30.3 Å². The van der Waals surface area contributed by atoms with E-state index in [4.69, 9.17) is 4.42 Å². The lowest BCUT2D eigenvalue weighted by Crippen LogP contribution is -2.31. The molecule has 0 unspecified atom stereocenters. The summed E-state index contributed by atoms with van der Waals surface area (Å²) in [5, 5.41) is 3.04. The number of furan rings is 1. The Morgan fingerprint density at radius 1 is 1.27 bits per heavy atom. The van der Waals surface area contributed by atoms with Crippen LogP contribution >= 0.6 is 0 Å². The van der Waals surface area contributed by atoms with Crippen LogP contribution in [0.5, 0.6) is 0 Å². The number of nitrogens with one attached hydrogen (secondary N) is 1. The Labute approximate surface area is 128 Å². The molecule has 0 spiro atoms. The van der Waals surface area contributed by atoms with E-state index in [1.54, 1.807) is 19.2 Å². The summed E-state index contributed by atoms with van der Waals surface area (Å²) in [6.45, 7) is 1.77. The van der Waals surface area contributed by atoms with E-state index in [0.29, 0.717) is 11.3 Å². The number of amides is 1. The van der Waals surface area contributed by atoms with Gasteiger partial charge in [0.15, 0.2) is 0 Å². The lowest BCUT2D eigenvalue weighted by molar-refractivity contribution is 0.0939. The zero-order chi connectivity index (χ0) is 15.5. The Morgan fingerprint density at radius 2 is 2.05 bits per heavy atom. The van der Waals surface area contributed by atoms with E-state index in [-0.39, 0.29) is 11.9 Å². The maximum Gasteiger partial charge on any atom is 0.255 e. The molecule has 5 nitrogen and oxygen atoms in total. The number of hydrogen-bond donors (Lipinski definition) is 1.